The zero-order valence-corrected chi connectivity index (χ0v) is 10.5. The summed E-state index contributed by atoms with van der Waals surface area (Å²) < 4.78 is 0. The summed E-state index contributed by atoms with van der Waals surface area (Å²) in [6.07, 6.45) is 7.27. The van der Waals surface area contributed by atoms with E-state index in [1.54, 1.807) is 13.8 Å². The van der Waals surface area contributed by atoms with E-state index in [1.165, 1.54) is 0 Å². The van der Waals surface area contributed by atoms with Crippen molar-refractivity contribution in [1.29, 1.82) is 0 Å². The van der Waals surface area contributed by atoms with Crippen molar-refractivity contribution in [3.05, 3.63) is 12.2 Å². The minimum Gasteiger partial charge on any atom is -0.481 e. The van der Waals surface area contributed by atoms with Gasteiger partial charge in [-0.15, -0.1) is 0 Å². The molecule has 0 aromatic heterocycles. The smallest absolute Gasteiger partial charge is 0.309 e. The molecule has 17 heavy (non-hydrogen) atoms. The topological polar surface area (TPSA) is 66.4 Å². The van der Waals surface area contributed by atoms with Crippen molar-refractivity contribution in [2.24, 2.45) is 11.3 Å². The van der Waals surface area contributed by atoms with Gasteiger partial charge in [0.15, 0.2) is 0 Å². The molecule has 1 aliphatic rings. The average molecular weight is 239 g/mol. The molecule has 0 heterocycles. The fraction of sp³-hybridized carbons (Fsp3) is 0.692. The Bertz CT molecular complexity index is 321. The molecule has 96 valence electrons. The standard InChI is InChI=1S/C13H21NO3/c1-13(2,12(16)17)7-8-14-11(15)9-10-5-3-4-6-10/h3,5,10H,4,6-9H2,1-2H3,(H,14,15)(H,16,17). The van der Waals surface area contributed by atoms with Crippen molar-refractivity contribution >= 4 is 11.9 Å². The molecule has 1 unspecified atom stereocenters. The fourth-order valence-corrected chi connectivity index (χ4v) is 1.80. The van der Waals surface area contributed by atoms with E-state index in [0.29, 0.717) is 25.3 Å². The summed E-state index contributed by atoms with van der Waals surface area (Å²) in [5.41, 5.74) is -0.777. The van der Waals surface area contributed by atoms with Crippen molar-refractivity contribution in [2.75, 3.05) is 6.54 Å². The second-order valence-electron chi connectivity index (χ2n) is 5.26. The van der Waals surface area contributed by atoms with E-state index in [0.717, 1.165) is 12.8 Å². The fourth-order valence-electron chi connectivity index (χ4n) is 1.80. The molecule has 0 bridgehead atoms. The highest BCUT2D eigenvalue weighted by atomic mass is 16.4. The molecule has 0 aromatic carbocycles. The van der Waals surface area contributed by atoms with Gasteiger partial charge in [0.25, 0.3) is 0 Å². The van der Waals surface area contributed by atoms with Gasteiger partial charge in [-0.25, -0.2) is 0 Å². The zero-order chi connectivity index (χ0) is 12.9. The van der Waals surface area contributed by atoms with Crippen LogP contribution in [0, 0.1) is 11.3 Å². The van der Waals surface area contributed by atoms with Crippen LogP contribution in [0.15, 0.2) is 12.2 Å². The first-order valence-corrected chi connectivity index (χ1v) is 6.08. The van der Waals surface area contributed by atoms with Crippen LogP contribution in [0.2, 0.25) is 0 Å². The van der Waals surface area contributed by atoms with Crippen LogP contribution in [0.3, 0.4) is 0 Å². The lowest BCUT2D eigenvalue weighted by Crippen LogP contribution is -2.32. The second-order valence-corrected chi connectivity index (χ2v) is 5.26. The Balaban J connectivity index is 2.20. The van der Waals surface area contributed by atoms with Crippen LogP contribution in [0.25, 0.3) is 0 Å². The third-order valence-electron chi connectivity index (χ3n) is 3.21. The minimum absolute atomic E-state index is 0.0164. The molecule has 4 heteroatoms. The largest absolute Gasteiger partial charge is 0.481 e. The normalized spacial score (nSPS) is 19.3. The molecule has 0 aliphatic heterocycles. The van der Waals surface area contributed by atoms with Crippen LogP contribution in [-0.2, 0) is 9.59 Å². The van der Waals surface area contributed by atoms with Crippen molar-refractivity contribution in [3.8, 4) is 0 Å². The Morgan fingerprint density at radius 3 is 2.71 bits per heavy atom. The number of nitrogens with one attached hydrogen (secondary N) is 1. The first kappa shape index (κ1) is 13.7. The summed E-state index contributed by atoms with van der Waals surface area (Å²) in [5.74, 6) is -0.448. The Morgan fingerprint density at radius 1 is 1.47 bits per heavy atom. The lowest BCUT2D eigenvalue weighted by molar-refractivity contribution is -0.147. The molecule has 0 aromatic rings. The number of aliphatic carboxylic acids is 1. The number of hydrogen-bond acceptors (Lipinski definition) is 2. The van der Waals surface area contributed by atoms with E-state index < -0.39 is 11.4 Å². The summed E-state index contributed by atoms with van der Waals surface area (Å²) in [4.78, 5) is 22.4. The SMILES string of the molecule is CC(C)(CCNC(=O)CC1C=CCC1)C(=O)O. The Hall–Kier alpha value is -1.32. The molecule has 1 aliphatic carbocycles. The highest BCUT2D eigenvalue weighted by Crippen LogP contribution is 2.21. The maximum absolute atomic E-state index is 11.6. The molecule has 0 radical (unpaired) electrons. The van der Waals surface area contributed by atoms with E-state index in [1.807, 2.05) is 0 Å². The van der Waals surface area contributed by atoms with Gasteiger partial charge < -0.3 is 10.4 Å². The molecule has 1 atom stereocenters. The first-order chi connectivity index (χ1) is 7.92. The molecule has 0 saturated heterocycles. The number of hydrogen-bond donors (Lipinski definition) is 2. The van der Waals surface area contributed by atoms with E-state index in [4.69, 9.17) is 5.11 Å². The van der Waals surface area contributed by atoms with Gasteiger partial charge in [0.2, 0.25) is 5.91 Å². The summed E-state index contributed by atoms with van der Waals surface area (Å²) >= 11 is 0. The summed E-state index contributed by atoms with van der Waals surface area (Å²) in [5, 5.41) is 11.7. The average Bonchev–Trinajstić information content (AvgIpc) is 2.69. The van der Waals surface area contributed by atoms with Gasteiger partial charge in [-0.2, -0.15) is 0 Å². The predicted molar refractivity (Wildman–Crippen MR) is 65.5 cm³/mol. The molecular weight excluding hydrogens is 218 g/mol. The lowest BCUT2D eigenvalue weighted by Gasteiger charge is -2.19. The first-order valence-electron chi connectivity index (χ1n) is 6.08. The molecule has 2 N–H and O–H groups in total. The number of amides is 1. The summed E-state index contributed by atoms with van der Waals surface area (Å²) in [6, 6.07) is 0. The number of carboxylic acids is 1. The van der Waals surface area contributed by atoms with E-state index in [9.17, 15) is 9.59 Å². The van der Waals surface area contributed by atoms with Crippen molar-refractivity contribution in [1.82, 2.24) is 5.32 Å². The van der Waals surface area contributed by atoms with Crippen LogP contribution in [0.1, 0.15) is 39.5 Å². The van der Waals surface area contributed by atoms with Gasteiger partial charge in [0.1, 0.15) is 0 Å². The number of carbonyl (C=O) groups is 2. The van der Waals surface area contributed by atoms with Crippen LogP contribution >= 0.6 is 0 Å². The van der Waals surface area contributed by atoms with Gasteiger partial charge in [-0.1, -0.05) is 12.2 Å². The number of carbonyl (C=O) groups excluding carboxylic acids is 1. The summed E-state index contributed by atoms with van der Waals surface area (Å²) in [6.45, 7) is 3.76. The van der Waals surface area contributed by atoms with Crippen molar-refractivity contribution < 1.29 is 14.7 Å². The van der Waals surface area contributed by atoms with Gasteiger partial charge in [-0.05, 0) is 39.0 Å². The van der Waals surface area contributed by atoms with Crippen LogP contribution in [0.4, 0.5) is 0 Å². The van der Waals surface area contributed by atoms with E-state index >= 15 is 0 Å². The molecule has 1 amide bonds. The van der Waals surface area contributed by atoms with Crippen LogP contribution in [-0.4, -0.2) is 23.5 Å². The van der Waals surface area contributed by atoms with Gasteiger partial charge in [-0.3, -0.25) is 9.59 Å². The third-order valence-corrected chi connectivity index (χ3v) is 3.21. The van der Waals surface area contributed by atoms with Gasteiger partial charge >= 0.3 is 5.97 Å². The zero-order valence-electron chi connectivity index (χ0n) is 10.5. The van der Waals surface area contributed by atoms with Crippen LogP contribution < -0.4 is 5.32 Å². The van der Waals surface area contributed by atoms with Crippen molar-refractivity contribution in [2.45, 2.75) is 39.5 Å². The second kappa shape index (κ2) is 5.84. The molecule has 4 nitrogen and oxygen atoms in total. The molecule has 1 rings (SSSR count). The Kier molecular flexibility index (Phi) is 4.73. The maximum atomic E-state index is 11.6. The van der Waals surface area contributed by atoms with Crippen molar-refractivity contribution in [3.63, 3.8) is 0 Å². The minimum atomic E-state index is -0.828. The van der Waals surface area contributed by atoms with Gasteiger partial charge in [0.05, 0.1) is 5.41 Å². The van der Waals surface area contributed by atoms with Gasteiger partial charge in [0, 0.05) is 13.0 Å². The number of allylic oxidation sites excluding steroid dienone is 2. The van der Waals surface area contributed by atoms with E-state index in [2.05, 4.69) is 17.5 Å². The lowest BCUT2D eigenvalue weighted by atomic mass is 9.89. The highest BCUT2D eigenvalue weighted by Gasteiger charge is 2.26. The van der Waals surface area contributed by atoms with E-state index in [-0.39, 0.29) is 5.91 Å². The molecule has 0 saturated carbocycles. The quantitative estimate of drug-likeness (QED) is 0.696. The Labute approximate surface area is 102 Å². The third kappa shape index (κ3) is 4.59. The highest BCUT2D eigenvalue weighted by molar-refractivity contribution is 5.77. The number of rotatable bonds is 6. The monoisotopic (exact) mass is 239 g/mol. The maximum Gasteiger partial charge on any atom is 0.309 e. The molecule has 0 spiro atoms. The molecular formula is C13H21NO3. The number of carboxylic acid groups (broad SMARTS) is 1. The van der Waals surface area contributed by atoms with Crippen LogP contribution in [0.5, 0.6) is 0 Å². The molecule has 0 fully saturated rings. The predicted octanol–water partition coefficient (Wildman–Crippen LogP) is 1.96. The Morgan fingerprint density at radius 2 is 2.18 bits per heavy atom. The summed E-state index contributed by atoms with van der Waals surface area (Å²) in [7, 11) is 0.